The van der Waals surface area contributed by atoms with Crippen molar-refractivity contribution in [1.82, 2.24) is 0 Å². The number of esters is 3. The number of hydrogen-bond donors (Lipinski definition) is 4. The molecule has 0 fully saturated rings. The number of rotatable bonds is 78. The van der Waals surface area contributed by atoms with Crippen molar-refractivity contribution in [1.29, 1.82) is 0 Å². The second kappa shape index (κ2) is 82.1. The van der Waals surface area contributed by atoms with Crippen LogP contribution in [-0.2, 0) is 55.8 Å². The van der Waals surface area contributed by atoms with Gasteiger partial charge in [0.2, 0.25) is 0 Å². The van der Waals surface area contributed by atoms with Crippen LogP contribution in [0.2, 0.25) is 0 Å². The summed E-state index contributed by atoms with van der Waals surface area (Å²) in [5, 5.41) is 20.7. The summed E-state index contributed by atoms with van der Waals surface area (Å²) in [7, 11) is -9.82. The summed E-state index contributed by atoms with van der Waals surface area (Å²) in [4.78, 5) is 58.8. The second-order valence-corrected chi connectivity index (χ2v) is 30.4. The van der Waals surface area contributed by atoms with Gasteiger partial charge in [-0.25, -0.2) is 9.13 Å². The van der Waals surface area contributed by atoms with Crippen LogP contribution >= 0.6 is 15.6 Å². The Balaban J connectivity index is 4.59. The second-order valence-electron chi connectivity index (χ2n) is 27.5. The highest BCUT2D eigenvalue weighted by atomic mass is 31.2. The van der Waals surface area contributed by atoms with Gasteiger partial charge in [0.25, 0.3) is 0 Å². The van der Waals surface area contributed by atoms with Crippen molar-refractivity contribution in [2.24, 2.45) is 0 Å². The third kappa shape index (κ3) is 83.4. The molecule has 0 bridgehead atoms. The molecule has 109 heavy (non-hydrogen) atoms. The molecule has 0 radical (unpaired) electrons. The largest absolute Gasteiger partial charge is 0.472 e. The van der Waals surface area contributed by atoms with Crippen molar-refractivity contribution >= 4 is 33.6 Å². The van der Waals surface area contributed by atoms with Gasteiger partial charge < -0.3 is 34.2 Å². The van der Waals surface area contributed by atoms with E-state index in [4.69, 9.17) is 32.3 Å². The van der Waals surface area contributed by atoms with Crippen molar-refractivity contribution in [2.75, 3.05) is 39.6 Å². The summed E-state index contributed by atoms with van der Waals surface area (Å²) in [6, 6.07) is 0. The van der Waals surface area contributed by atoms with Gasteiger partial charge in [-0.15, -0.1) is 0 Å². The summed E-state index contributed by atoms with van der Waals surface area (Å²) in [5.74, 6) is -1.61. The van der Waals surface area contributed by atoms with Crippen molar-refractivity contribution < 1.29 is 75.8 Å². The number of phosphoric acid groups is 2. The standard InChI is InChI=1S/C91H150O16P2/c1-4-7-10-13-16-19-22-25-28-31-33-35-37-39-40-41-42-43-44-46-48-49-51-54-56-59-62-65-68-71-74-77-89(94)101-80-86(92)81-103-108(97,98)104-82-87(93)83-105-109(99,100)106-85-88(107-91(96)79-76-73-70-67-64-61-58-53-30-27-24-21-18-15-12-9-6-3)84-102-90(95)78-75-72-69-66-63-60-57-55-52-50-47-45-38-36-34-32-29-26-23-20-17-14-11-8-5-2/h7-12,16-21,25-30,33-36,39-40,42-43,45,47,52,55,86-88,92-93H,4-6,13-15,22-24,31-32,37-38,41,44,46,48-51,53-54,56-85H2,1-3H3,(H,97,98)(H,99,100)/b10-7-,11-8-,12-9-,19-16-,20-17-,21-18-,28-25-,29-26-,30-27-,35-33-,36-34-,40-39-,43-42-,47-45-,55-52-. The minimum atomic E-state index is -4.95. The topological polar surface area (TPSA) is 231 Å². The summed E-state index contributed by atoms with van der Waals surface area (Å²) in [6.07, 6.45) is 106. The van der Waals surface area contributed by atoms with Gasteiger partial charge in [-0.05, 0) is 154 Å². The number of aliphatic hydroxyl groups excluding tert-OH is 2. The lowest BCUT2D eigenvalue weighted by atomic mass is 10.0. The molecule has 0 aliphatic rings. The fourth-order valence-corrected chi connectivity index (χ4v) is 12.4. The van der Waals surface area contributed by atoms with E-state index in [1.807, 2.05) is 0 Å². The Kier molecular flexibility index (Phi) is 78.1. The number of unbranched alkanes of at least 4 members (excludes halogenated alkanes) is 25. The first kappa shape index (κ1) is 104. The molecular weight excluding hydrogens is 1410 g/mol. The van der Waals surface area contributed by atoms with Crippen LogP contribution in [0, 0.1) is 0 Å². The first-order chi connectivity index (χ1) is 53.2. The van der Waals surface area contributed by atoms with Gasteiger partial charge in [0, 0.05) is 19.3 Å². The monoisotopic (exact) mass is 1560 g/mol. The Bertz CT molecular complexity index is 2710. The van der Waals surface area contributed by atoms with E-state index in [9.17, 15) is 43.5 Å². The first-order valence-electron chi connectivity index (χ1n) is 42.1. The summed E-state index contributed by atoms with van der Waals surface area (Å²) >= 11 is 0. The molecule has 5 atom stereocenters. The lowest BCUT2D eigenvalue weighted by Crippen LogP contribution is -2.30. The molecule has 0 aromatic carbocycles. The minimum absolute atomic E-state index is 0.0838. The lowest BCUT2D eigenvalue weighted by molar-refractivity contribution is -0.161. The van der Waals surface area contributed by atoms with Crippen LogP contribution < -0.4 is 0 Å². The van der Waals surface area contributed by atoms with E-state index in [1.165, 1.54) is 51.4 Å². The minimum Gasteiger partial charge on any atom is -0.463 e. The van der Waals surface area contributed by atoms with Crippen LogP contribution in [0.3, 0.4) is 0 Å². The highest BCUT2D eigenvalue weighted by Gasteiger charge is 2.29. The quantitative estimate of drug-likeness (QED) is 0.0146. The van der Waals surface area contributed by atoms with Crippen molar-refractivity contribution in [2.45, 2.75) is 334 Å². The predicted octanol–water partition coefficient (Wildman–Crippen LogP) is 25.3. The average Bonchev–Trinajstić information content (AvgIpc) is 0.902. The molecule has 620 valence electrons. The van der Waals surface area contributed by atoms with Gasteiger partial charge in [-0.3, -0.25) is 32.5 Å². The molecule has 0 rings (SSSR count). The average molecular weight is 1560 g/mol. The van der Waals surface area contributed by atoms with E-state index in [0.29, 0.717) is 19.3 Å². The predicted molar refractivity (Wildman–Crippen MR) is 454 cm³/mol. The molecule has 0 amide bonds. The van der Waals surface area contributed by atoms with E-state index in [2.05, 4.69) is 203 Å². The number of carbonyl (C=O) groups excluding carboxylic acids is 3. The molecule has 16 nitrogen and oxygen atoms in total. The number of ether oxygens (including phenoxy) is 3. The number of allylic oxidation sites excluding steroid dienone is 30. The highest BCUT2D eigenvalue weighted by molar-refractivity contribution is 7.47. The molecular formula is C91H150O16P2. The fourth-order valence-electron chi connectivity index (χ4n) is 10.8. The van der Waals surface area contributed by atoms with Crippen molar-refractivity contribution in [3.8, 4) is 0 Å². The molecule has 18 heteroatoms. The van der Waals surface area contributed by atoms with Crippen LogP contribution in [0.4, 0.5) is 0 Å². The maximum atomic E-state index is 13.0. The molecule has 0 saturated carbocycles. The molecule has 5 unspecified atom stereocenters. The van der Waals surface area contributed by atoms with Crippen LogP contribution in [0.5, 0.6) is 0 Å². The fraction of sp³-hybridized carbons (Fsp3) is 0.637. The maximum absolute atomic E-state index is 13.0. The van der Waals surface area contributed by atoms with E-state index in [0.717, 1.165) is 205 Å². The smallest absolute Gasteiger partial charge is 0.463 e. The van der Waals surface area contributed by atoms with E-state index in [-0.39, 0.29) is 19.3 Å². The Morgan fingerprint density at radius 2 is 0.459 bits per heavy atom. The molecule has 0 spiro atoms. The Labute approximate surface area is 662 Å². The lowest BCUT2D eigenvalue weighted by Gasteiger charge is -2.21. The van der Waals surface area contributed by atoms with E-state index < -0.39 is 91.5 Å². The van der Waals surface area contributed by atoms with Crippen LogP contribution in [0.15, 0.2) is 182 Å². The van der Waals surface area contributed by atoms with Crippen LogP contribution in [-0.4, -0.2) is 95.9 Å². The Hall–Kier alpha value is -5.35. The zero-order valence-corrected chi connectivity index (χ0v) is 69.7. The third-order valence-electron chi connectivity index (χ3n) is 17.1. The zero-order valence-electron chi connectivity index (χ0n) is 67.9. The molecule has 0 aromatic heterocycles. The van der Waals surface area contributed by atoms with Crippen molar-refractivity contribution in [3.05, 3.63) is 182 Å². The van der Waals surface area contributed by atoms with Gasteiger partial charge >= 0.3 is 33.6 Å². The third-order valence-corrected chi connectivity index (χ3v) is 19.0. The molecule has 0 saturated heterocycles. The maximum Gasteiger partial charge on any atom is 0.472 e. The van der Waals surface area contributed by atoms with Gasteiger partial charge in [-0.2, -0.15) is 0 Å². The summed E-state index contributed by atoms with van der Waals surface area (Å²) in [5.41, 5.74) is 0. The summed E-state index contributed by atoms with van der Waals surface area (Å²) in [6.45, 7) is 2.32. The first-order valence-corrected chi connectivity index (χ1v) is 45.1. The van der Waals surface area contributed by atoms with Crippen molar-refractivity contribution in [3.63, 3.8) is 0 Å². The summed E-state index contributed by atoms with van der Waals surface area (Å²) < 4.78 is 61.3. The van der Waals surface area contributed by atoms with Gasteiger partial charge in [0.05, 0.1) is 26.4 Å². The van der Waals surface area contributed by atoms with Crippen LogP contribution in [0.1, 0.15) is 316 Å². The Morgan fingerprint density at radius 3 is 0.725 bits per heavy atom. The van der Waals surface area contributed by atoms with Gasteiger partial charge in [0.15, 0.2) is 6.10 Å². The molecule has 0 aliphatic heterocycles. The SMILES string of the molecule is CC/C=C\C/C=C\C/C=C\C/C=C\C/C=C\C/C=C\CCCCCCCCCCCCCCC(=O)OCC(O)COP(=O)(O)OCC(O)COP(=O)(O)OCC(COC(=O)CCCCCCCC/C=C\C/C=C\C/C=C\C/C=C\C/C=C\C/C=C\CC)OC(=O)CCCCCCCCC/C=C\C/C=C\C/C=C\CC. The number of aliphatic hydroxyl groups is 2. The molecule has 0 aromatic rings. The number of carbonyl (C=O) groups is 3. The van der Waals surface area contributed by atoms with E-state index in [1.54, 1.807) is 0 Å². The Morgan fingerprint density at radius 1 is 0.257 bits per heavy atom. The number of hydrogen-bond acceptors (Lipinski definition) is 14. The number of phosphoric ester groups is 2. The van der Waals surface area contributed by atoms with Gasteiger partial charge in [0.1, 0.15) is 25.4 Å². The highest BCUT2D eigenvalue weighted by Crippen LogP contribution is 2.45. The zero-order chi connectivity index (χ0) is 79.4. The molecule has 0 aliphatic carbocycles. The van der Waals surface area contributed by atoms with E-state index >= 15 is 0 Å². The van der Waals surface area contributed by atoms with Crippen LogP contribution in [0.25, 0.3) is 0 Å². The molecule has 4 N–H and O–H groups in total. The molecule has 0 heterocycles. The normalized spacial score (nSPS) is 14.8. The van der Waals surface area contributed by atoms with Gasteiger partial charge in [-0.1, -0.05) is 325 Å².